The maximum atomic E-state index is 12.8. The van der Waals surface area contributed by atoms with E-state index in [-0.39, 0.29) is 5.56 Å². The van der Waals surface area contributed by atoms with Crippen molar-refractivity contribution in [1.29, 1.82) is 0 Å². The second kappa shape index (κ2) is 9.09. The number of aromatic amines is 1. The summed E-state index contributed by atoms with van der Waals surface area (Å²) in [6, 6.07) is 14.0. The van der Waals surface area contributed by atoms with Gasteiger partial charge in [-0.2, -0.15) is 0 Å². The number of H-pyrrole nitrogens is 1. The van der Waals surface area contributed by atoms with Crippen molar-refractivity contribution in [3.63, 3.8) is 0 Å². The van der Waals surface area contributed by atoms with E-state index in [1.807, 2.05) is 49.1 Å². The van der Waals surface area contributed by atoms with E-state index >= 15 is 0 Å². The van der Waals surface area contributed by atoms with E-state index in [1.54, 1.807) is 7.11 Å². The Kier molecular flexibility index (Phi) is 6.54. The van der Waals surface area contributed by atoms with Crippen LogP contribution in [0.4, 0.5) is 0 Å². The van der Waals surface area contributed by atoms with Crippen molar-refractivity contribution in [3.8, 4) is 5.75 Å². The summed E-state index contributed by atoms with van der Waals surface area (Å²) in [4.78, 5) is 17.8. The normalized spacial score (nSPS) is 10.8. The molecule has 0 unspecified atom stereocenters. The van der Waals surface area contributed by atoms with Gasteiger partial charge >= 0.3 is 0 Å². The van der Waals surface area contributed by atoms with Crippen LogP contribution in [0.15, 0.2) is 47.3 Å². The number of nitrogens with zero attached hydrogens (tertiary/aromatic N) is 1. The topological polar surface area (TPSA) is 57.4 Å². The first-order chi connectivity index (χ1) is 13.9. The molecule has 2 N–H and O–H groups in total. The highest BCUT2D eigenvalue weighted by Gasteiger charge is 2.14. The van der Waals surface area contributed by atoms with Crippen LogP contribution in [-0.4, -0.2) is 28.7 Å². The molecular weight excluding hydrogens is 382 g/mol. The van der Waals surface area contributed by atoms with E-state index in [9.17, 15) is 4.79 Å². The molecular formula is C23H27N3O2S. The molecule has 0 amide bonds. The molecule has 2 aromatic carbocycles. The molecule has 0 saturated carbocycles. The second-order valence-corrected chi connectivity index (χ2v) is 7.60. The molecule has 0 radical (unpaired) electrons. The number of nitrogens with one attached hydrogen (secondary N) is 2. The van der Waals surface area contributed by atoms with E-state index in [0.29, 0.717) is 23.8 Å². The van der Waals surface area contributed by atoms with Gasteiger partial charge in [0.25, 0.3) is 5.56 Å². The largest absolute Gasteiger partial charge is 0.497 e. The molecule has 0 bridgehead atoms. The Morgan fingerprint density at radius 3 is 2.52 bits per heavy atom. The van der Waals surface area contributed by atoms with Gasteiger partial charge in [-0.25, -0.2) is 0 Å². The van der Waals surface area contributed by atoms with Crippen molar-refractivity contribution in [1.82, 2.24) is 15.2 Å². The first-order valence-electron chi connectivity index (χ1n) is 9.70. The predicted octanol–water partition coefficient (Wildman–Crippen LogP) is 4.05. The van der Waals surface area contributed by atoms with Crippen LogP contribution in [0.25, 0.3) is 10.9 Å². The number of rotatable bonds is 6. The maximum absolute atomic E-state index is 12.8. The molecule has 29 heavy (non-hydrogen) atoms. The molecule has 0 fully saturated rings. The fourth-order valence-corrected chi connectivity index (χ4v) is 3.74. The predicted molar refractivity (Wildman–Crippen MR) is 123 cm³/mol. The zero-order chi connectivity index (χ0) is 21.0. The lowest BCUT2D eigenvalue weighted by molar-refractivity contribution is 0.396. The summed E-state index contributed by atoms with van der Waals surface area (Å²) in [5, 5.41) is 4.87. The lowest BCUT2D eigenvalue weighted by Crippen LogP contribution is -2.39. The van der Waals surface area contributed by atoms with Gasteiger partial charge in [-0.15, -0.1) is 0 Å². The third-order valence-corrected chi connectivity index (χ3v) is 5.28. The molecule has 1 aromatic heterocycles. The van der Waals surface area contributed by atoms with Gasteiger partial charge < -0.3 is 19.9 Å². The van der Waals surface area contributed by atoms with E-state index in [2.05, 4.69) is 29.4 Å². The fourth-order valence-electron chi connectivity index (χ4n) is 3.47. The van der Waals surface area contributed by atoms with Gasteiger partial charge in [-0.05, 0) is 73.8 Å². The molecule has 0 saturated heterocycles. The Balaban J connectivity index is 1.93. The highest BCUT2D eigenvalue weighted by molar-refractivity contribution is 7.80. The van der Waals surface area contributed by atoms with E-state index < -0.39 is 0 Å². The van der Waals surface area contributed by atoms with Gasteiger partial charge in [0.2, 0.25) is 0 Å². The zero-order valence-electron chi connectivity index (χ0n) is 17.3. The first-order valence-corrected chi connectivity index (χ1v) is 10.1. The van der Waals surface area contributed by atoms with Gasteiger partial charge in [0.1, 0.15) is 5.75 Å². The minimum atomic E-state index is -0.0801. The Morgan fingerprint density at radius 1 is 1.14 bits per heavy atom. The van der Waals surface area contributed by atoms with Crippen molar-refractivity contribution < 1.29 is 4.74 Å². The standard InChI is InChI=1S/C23H27N3O2S/c1-5-24-23(29)26(13-17-6-8-20(28-4)9-7-17)14-19-12-18-11-15(2)10-16(3)21(18)25-22(19)27/h6-12H,5,13-14H2,1-4H3,(H,24,29)(H,25,27). The summed E-state index contributed by atoms with van der Waals surface area (Å²) in [5.74, 6) is 0.811. The van der Waals surface area contributed by atoms with E-state index in [0.717, 1.165) is 34.3 Å². The molecule has 0 aliphatic heterocycles. The molecule has 3 rings (SSSR count). The number of benzene rings is 2. The van der Waals surface area contributed by atoms with E-state index in [4.69, 9.17) is 17.0 Å². The highest BCUT2D eigenvalue weighted by atomic mass is 32.1. The number of aromatic nitrogens is 1. The van der Waals surface area contributed by atoms with Crippen molar-refractivity contribution in [2.75, 3.05) is 13.7 Å². The van der Waals surface area contributed by atoms with Crippen LogP contribution in [0.1, 0.15) is 29.2 Å². The molecule has 1 heterocycles. The van der Waals surface area contributed by atoms with Crippen LogP contribution in [0, 0.1) is 13.8 Å². The van der Waals surface area contributed by atoms with Gasteiger partial charge in [0, 0.05) is 18.7 Å². The van der Waals surface area contributed by atoms with Gasteiger partial charge in [-0.1, -0.05) is 23.8 Å². The first kappa shape index (κ1) is 20.9. The number of ether oxygens (including phenoxy) is 1. The summed E-state index contributed by atoms with van der Waals surface area (Å²) < 4.78 is 5.23. The Hall–Kier alpha value is -2.86. The Morgan fingerprint density at radius 2 is 1.86 bits per heavy atom. The molecule has 0 atom stereocenters. The number of thiocarbonyl (C=S) groups is 1. The average Bonchev–Trinajstić information content (AvgIpc) is 2.69. The molecule has 0 aliphatic carbocycles. The number of hydrogen-bond donors (Lipinski definition) is 2. The van der Waals surface area contributed by atoms with Crippen molar-refractivity contribution in [2.45, 2.75) is 33.9 Å². The smallest absolute Gasteiger partial charge is 0.253 e. The SMILES string of the molecule is CCNC(=S)N(Cc1ccc(OC)cc1)Cc1cc2cc(C)cc(C)c2[nH]c1=O. The minimum Gasteiger partial charge on any atom is -0.497 e. The fraction of sp³-hybridized carbons (Fsp3) is 0.304. The molecule has 0 spiro atoms. The van der Waals surface area contributed by atoms with Crippen LogP contribution in [0.5, 0.6) is 5.75 Å². The van der Waals surface area contributed by atoms with E-state index in [1.165, 1.54) is 5.56 Å². The summed E-state index contributed by atoms with van der Waals surface area (Å²) in [5.41, 5.74) is 4.84. The van der Waals surface area contributed by atoms with Crippen molar-refractivity contribution >= 4 is 28.2 Å². The highest BCUT2D eigenvalue weighted by Crippen LogP contribution is 2.19. The third kappa shape index (κ3) is 4.95. The molecule has 6 heteroatoms. The number of pyridine rings is 1. The lowest BCUT2D eigenvalue weighted by atomic mass is 10.1. The monoisotopic (exact) mass is 409 g/mol. The number of aryl methyl sites for hydroxylation is 2. The minimum absolute atomic E-state index is 0.0801. The third-order valence-electron chi connectivity index (χ3n) is 4.88. The molecule has 5 nitrogen and oxygen atoms in total. The number of methoxy groups -OCH3 is 1. The second-order valence-electron chi connectivity index (χ2n) is 7.21. The summed E-state index contributed by atoms with van der Waals surface area (Å²) in [6.07, 6.45) is 0. The molecule has 0 aliphatic rings. The number of hydrogen-bond acceptors (Lipinski definition) is 3. The lowest BCUT2D eigenvalue weighted by Gasteiger charge is -2.26. The van der Waals surface area contributed by atoms with Gasteiger partial charge in [-0.3, -0.25) is 4.79 Å². The molecule has 3 aromatic rings. The molecule has 152 valence electrons. The zero-order valence-corrected chi connectivity index (χ0v) is 18.2. The van der Waals surface area contributed by atoms with Crippen molar-refractivity contribution in [2.24, 2.45) is 0 Å². The maximum Gasteiger partial charge on any atom is 0.253 e. The quantitative estimate of drug-likeness (QED) is 0.602. The summed E-state index contributed by atoms with van der Waals surface area (Å²) in [6.45, 7) is 7.83. The van der Waals surface area contributed by atoms with Gasteiger partial charge in [0.15, 0.2) is 5.11 Å². The van der Waals surface area contributed by atoms with Crippen LogP contribution in [-0.2, 0) is 13.1 Å². The Labute approximate surface area is 176 Å². The summed E-state index contributed by atoms with van der Waals surface area (Å²) in [7, 11) is 1.65. The van der Waals surface area contributed by atoms with Crippen LogP contribution in [0.2, 0.25) is 0 Å². The van der Waals surface area contributed by atoms with Gasteiger partial charge in [0.05, 0.1) is 19.2 Å². The summed E-state index contributed by atoms with van der Waals surface area (Å²) >= 11 is 5.58. The van der Waals surface area contributed by atoms with Crippen LogP contribution in [0.3, 0.4) is 0 Å². The van der Waals surface area contributed by atoms with Crippen LogP contribution >= 0.6 is 12.2 Å². The Bertz CT molecular complexity index is 1070. The van der Waals surface area contributed by atoms with Crippen molar-refractivity contribution in [3.05, 3.63) is 75.1 Å². The number of fused-ring (bicyclic) bond motifs is 1. The average molecular weight is 410 g/mol. The van der Waals surface area contributed by atoms with Crippen LogP contribution < -0.4 is 15.6 Å².